The van der Waals surface area contributed by atoms with Crippen molar-refractivity contribution < 1.29 is 14.7 Å². The topological polar surface area (TPSA) is 66.4 Å². The molecule has 2 rings (SSSR count). The molecule has 1 atom stereocenters. The minimum atomic E-state index is -1.01. The molecule has 0 aromatic heterocycles. The smallest absolute Gasteiger partial charge is 0.326 e. The van der Waals surface area contributed by atoms with Crippen molar-refractivity contribution in [3.05, 3.63) is 47.5 Å². The average Bonchev–Trinajstić information content (AvgIpc) is 3.26. The van der Waals surface area contributed by atoms with Crippen LogP contribution in [0.4, 0.5) is 0 Å². The lowest BCUT2D eigenvalue weighted by Crippen LogP contribution is -2.44. The maximum Gasteiger partial charge on any atom is 0.326 e. The van der Waals surface area contributed by atoms with Crippen LogP contribution in [-0.2, 0) is 16.0 Å². The van der Waals surface area contributed by atoms with Crippen LogP contribution in [0.1, 0.15) is 31.2 Å². The molecular formula is C17H20ClNO3. The molecule has 0 saturated heterocycles. The molecule has 1 aliphatic carbocycles. The first-order valence-corrected chi connectivity index (χ1v) is 7.74. The lowest BCUT2D eigenvalue weighted by molar-refractivity contribution is -0.142. The molecule has 1 aliphatic rings. The van der Waals surface area contributed by atoms with Gasteiger partial charge in [-0.15, -0.1) is 6.58 Å². The van der Waals surface area contributed by atoms with E-state index in [0.29, 0.717) is 24.3 Å². The predicted molar refractivity (Wildman–Crippen MR) is 85.8 cm³/mol. The third-order valence-corrected chi connectivity index (χ3v) is 4.45. The van der Waals surface area contributed by atoms with Gasteiger partial charge in [0, 0.05) is 5.02 Å². The molecule has 1 aromatic carbocycles. The number of halogens is 1. The molecule has 0 bridgehead atoms. The third kappa shape index (κ3) is 3.89. The second-order valence-corrected chi connectivity index (χ2v) is 6.19. The molecule has 1 saturated carbocycles. The molecule has 0 spiro atoms. The summed E-state index contributed by atoms with van der Waals surface area (Å²) in [6.45, 7) is 3.58. The quantitative estimate of drug-likeness (QED) is 0.723. The zero-order valence-corrected chi connectivity index (χ0v) is 13.1. The van der Waals surface area contributed by atoms with E-state index in [1.807, 2.05) is 18.2 Å². The van der Waals surface area contributed by atoms with Gasteiger partial charge >= 0.3 is 5.97 Å². The summed E-state index contributed by atoms with van der Waals surface area (Å²) in [6, 6.07) is 6.58. The molecule has 1 aromatic rings. The molecule has 0 aliphatic heterocycles. The van der Waals surface area contributed by atoms with Crippen molar-refractivity contribution in [2.75, 3.05) is 0 Å². The van der Waals surface area contributed by atoms with Crippen molar-refractivity contribution in [3.63, 3.8) is 0 Å². The fourth-order valence-corrected chi connectivity index (χ4v) is 2.70. The van der Waals surface area contributed by atoms with Crippen LogP contribution < -0.4 is 5.32 Å². The third-order valence-electron chi connectivity index (χ3n) is 4.08. The van der Waals surface area contributed by atoms with Crippen LogP contribution in [0.25, 0.3) is 0 Å². The van der Waals surface area contributed by atoms with Gasteiger partial charge in [0.25, 0.3) is 0 Å². The van der Waals surface area contributed by atoms with Gasteiger partial charge in [-0.25, -0.2) is 4.79 Å². The molecule has 22 heavy (non-hydrogen) atoms. The number of aliphatic carboxylic acids is 1. The van der Waals surface area contributed by atoms with E-state index in [0.717, 1.165) is 18.4 Å². The molecule has 4 nitrogen and oxygen atoms in total. The number of hydrogen-bond donors (Lipinski definition) is 2. The highest BCUT2D eigenvalue weighted by Crippen LogP contribution is 2.49. The highest BCUT2D eigenvalue weighted by atomic mass is 35.5. The van der Waals surface area contributed by atoms with E-state index < -0.39 is 17.4 Å². The molecule has 5 heteroatoms. The summed E-state index contributed by atoms with van der Waals surface area (Å²) in [7, 11) is 0. The summed E-state index contributed by atoms with van der Waals surface area (Å²) in [5, 5.41) is 12.5. The molecule has 0 radical (unpaired) electrons. The van der Waals surface area contributed by atoms with Crippen molar-refractivity contribution in [1.29, 1.82) is 0 Å². The van der Waals surface area contributed by atoms with Gasteiger partial charge in [-0.05, 0) is 43.7 Å². The van der Waals surface area contributed by atoms with Gasteiger partial charge in [0.15, 0.2) is 0 Å². The Morgan fingerprint density at radius 3 is 2.64 bits per heavy atom. The number of hydrogen-bond acceptors (Lipinski definition) is 2. The van der Waals surface area contributed by atoms with E-state index in [1.165, 1.54) is 0 Å². The predicted octanol–water partition coefficient (Wildman–Crippen LogP) is 3.20. The highest BCUT2D eigenvalue weighted by molar-refractivity contribution is 6.31. The Balaban J connectivity index is 2.03. The Morgan fingerprint density at radius 2 is 2.09 bits per heavy atom. The van der Waals surface area contributed by atoms with Gasteiger partial charge < -0.3 is 10.4 Å². The summed E-state index contributed by atoms with van der Waals surface area (Å²) < 4.78 is 0. The van der Waals surface area contributed by atoms with E-state index in [2.05, 4.69) is 11.9 Å². The summed E-state index contributed by atoms with van der Waals surface area (Å²) in [5.74, 6) is -1.20. The van der Waals surface area contributed by atoms with E-state index in [4.69, 9.17) is 11.6 Å². The van der Waals surface area contributed by atoms with Crippen LogP contribution in [0.3, 0.4) is 0 Å². The summed E-state index contributed by atoms with van der Waals surface area (Å²) in [6.07, 6.45) is 4.63. The Morgan fingerprint density at radius 1 is 1.41 bits per heavy atom. The first-order valence-electron chi connectivity index (χ1n) is 7.36. The maximum atomic E-state index is 12.5. The highest BCUT2D eigenvalue weighted by Gasteiger charge is 2.50. The Labute approximate surface area is 135 Å². The number of rotatable bonds is 8. The van der Waals surface area contributed by atoms with Gasteiger partial charge in [0.2, 0.25) is 5.91 Å². The fourth-order valence-electron chi connectivity index (χ4n) is 2.49. The minimum absolute atomic E-state index is 0.191. The monoisotopic (exact) mass is 321 g/mol. The number of carbonyl (C=O) groups excluding carboxylic acids is 1. The lowest BCUT2D eigenvalue weighted by Gasteiger charge is -2.20. The first-order chi connectivity index (χ1) is 10.5. The largest absolute Gasteiger partial charge is 0.480 e. The van der Waals surface area contributed by atoms with E-state index in [9.17, 15) is 14.7 Å². The van der Waals surface area contributed by atoms with Crippen molar-refractivity contribution in [2.45, 2.75) is 38.1 Å². The van der Waals surface area contributed by atoms with Crippen LogP contribution in [0.2, 0.25) is 5.02 Å². The van der Waals surface area contributed by atoms with E-state index in [1.54, 1.807) is 12.1 Å². The van der Waals surface area contributed by atoms with Crippen LogP contribution in [0.15, 0.2) is 36.9 Å². The standard InChI is InChI=1S/C17H20ClNO3/c1-2-3-8-14(15(20)21)19-16(22)17(9-10-17)11-12-6-4-5-7-13(12)18/h2,4-7,14H,1,3,8-11H2,(H,19,22)(H,20,21). The Hall–Kier alpha value is -1.81. The Bertz CT molecular complexity index is 581. The molecule has 1 unspecified atom stereocenters. The van der Waals surface area contributed by atoms with Gasteiger partial charge in [-0.2, -0.15) is 0 Å². The normalized spacial score (nSPS) is 16.6. The zero-order valence-electron chi connectivity index (χ0n) is 12.3. The number of carbonyl (C=O) groups is 2. The van der Waals surface area contributed by atoms with Gasteiger partial charge in [0.1, 0.15) is 6.04 Å². The van der Waals surface area contributed by atoms with Crippen molar-refractivity contribution >= 4 is 23.5 Å². The molecule has 2 N–H and O–H groups in total. The van der Waals surface area contributed by atoms with E-state index >= 15 is 0 Å². The molecule has 0 heterocycles. The number of carboxylic acids is 1. The summed E-state index contributed by atoms with van der Waals surface area (Å²) in [4.78, 5) is 23.7. The minimum Gasteiger partial charge on any atom is -0.480 e. The summed E-state index contributed by atoms with van der Waals surface area (Å²) >= 11 is 6.15. The van der Waals surface area contributed by atoms with Gasteiger partial charge in [0.05, 0.1) is 5.41 Å². The summed E-state index contributed by atoms with van der Waals surface area (Å²) in [5.41, 5.74) is 0.419. The van der Waals surface area contributed by atoms with Gasteiger partial charge in [-0.1, -0.05) is 35.9 Å². The molecular weight excluding hydrogens is 302 g/mol. The van der Waals surface area contributed by atoms with Crippen molar-refractivity contribution in [3.8, 4) is 0 Å². The van der Waals surface area contributed by atoms with Crippen LogP contribution in [-0.4, -0.2) is 23.0 Å². The number of carboxylic acid groups (broad SMARTS) is 1. The van der Waals surface area contributed by atoms with Crippen LogP contribution in [0, 0.1) is 5.41 Å². The number of allylic oxidation sites excluding steroid dienone is 1. The van der Waals surface area contributed by atoms with Crippen molar-refractivity contribution in [1.82, 2.24) is 5.32 Å². The fraction of sp³-hybridized carbons (Fsp3) is 0.412. The van der Waals surface area contributed by atoms with Crippen molar-refractivity contribution in [2.24, 2.45) is 5.41 Å². The molecule has 1 amide bonds. The lowest BCUT2D eigenvalue weighted by atomic mass is 9.95. The first kappa shape index (κ1) is 16.6. The average molecular weight is 322 g/mol. The number of amides is 1. The maximum absolute atomic E-state index is 12.5. The van der Waals surface area contributed by atoms with Gasteiger partial charge in [-0.3, -0.25) is 4.79 Å². The second kappa shape index (κ2) is 6.97. The zero-order chi connectivity index (χ0) is 16.2. The number of nitrogens with one attached hydrogen (secondary N) is 1. The van der Waals surface area contributed by atoms with E-state index in [-0.39, 0.29) is 5.91 Å². The van der Waals surface area contributed by atoms with Crippen LogP contribution >= 0.6 is 11.6 Å². The van der Waals surface area contributed by atoms with Crippen LogP contribution in [0.5, 0.6) is 0 Å². The second-order valence-electron chi connectivity index (χ2n) is 5.78. The molecule has 1 fully saturated rings. The number of benzene rings is 1. The Kier molecular flexibility index (Phi) is 5.24. The molecule has 118 valence electrons. The SMILES string of the molecule is C=CCCC(NC(=O)C1(Cc2ccccc2Cl)CC1)C(=O)O.